The summed E-state index contributed by atoms with van der Waals surface area (Å²) in [7, 11) is 0. The topological polar surface area (TPSA) is 26.2 Å². The van der Waals surface area contributed by atoms with Crippen molar-refractivity contribution < 1.29 is 4.74 Å². The molecule has 1 aliphatic heterocycles. The van der Waals surface area contributed by atoms with Gasteiger partial charge in [-0.05, 0) is 69.5 Å². The lowest BCUT2D eigenvalue weighted by molar-refractivity contribution is 0.340. The van der Waals surface area contributed by atoms with Gasteiger partial charge in [-0.25, -0.2) is 0 Å². The van der Waals surface area contributed by atoms with Crippen LogP contribution in [-0.2, 0) is 6.54 Å². The number of aryl methyl sites for hydroxylation is 1. The van der Waals surface area contributed by atoms with Crippen molar-refractivity contribution in [2.75, 3.05) is 19.7 Å². The Morgan fingerprint density at radius 3 is 3.10 bits per heavy atom. The Kier molecular flexibility index (Phi) is 4.26. The van der Waals surface area contributed by atoms with E-state index in [0.717, 1.165) is 24.8 Å². The molecular weight excluding hydrogens is 248 g/mol. The first-order valence-electron chi connectivity index (χ1n) is 7.79. The molecule has 0 aliphatic carbocycles. The Bertz CT molecular complexity index is 555. The third kappa shape index (κ3) is 2.98. The largest absolute Gasteiger partial charge is 0.494 e. The van der Waals surface area contributed by atoms with Crippen molar-refractivity contribution >= 4 is 10.9 Å². The minimum absolute atomic E-state index is 0.723. The predicted molar refractivity (Wildman–Crippen MR) is 83.3 cm³/mol. The molecule has 0 amide bonds. The molecule has 2 heterocycles. The van der Waals surface area contributed by atoms with Gasteiger partial charge in [-0.15, -0.1) is 0 Å². The quantitative estimate of drug-likeness (QED) is 0.902. The second-order valence-corrected chi connectivity index (χ2v) is 5.66. The van der Waals surface area contributed by atoms with Crippen LogP contribution in [-0.4, -0.2) is 24.3 Å². The van der Waals surface area contributed by atoms with Crippen molar-refractivity contribution in [2.24, 2.45) is 5.92 Å². The SMILES string of the molecule is CCOc1ccc2c(ccn2CCC2CCCNC2)c1. The lowest BCUT2D eigenvalue weighted by atomic mass is 9.96. The van der Waals surface area contributed by atoms with Gasteiger partial charge >= 0.3 is 0 Å². The van der Waals surface area contributed by atoms with Gasteiger partial charge in [0, 0.05) is 23.6 Å². The molecule has 0 radical (unpaired) electrons. The molecule has 0 bridgehead atoms. The summed E-state index contributed by atoms with van der Waals surface area (Å²) in [6, 6.07) is 8.58. The van der Waals surface area contributed by atoms with Gasteiger partial charge in [-0.2, -0.15) is 0 Å². The maximum atomic E-state index is 5.56. The Balaban J connectivity index is 1.68. The van der Waals surface area contributed by atoms with Crippen molar-refractivity contribution in [2.45, 2.75) is 32.7 Å². The Labute approximate surface area is 120 Å². The van der Waals surface area contributed by atoms with E-state index in [9.17, 15) is 0 Å². The second-order valence-electron chi connectivity index (χ2n) is 5.66. The number of hydrogen-bond donors (Lipinski definition) is 1. The van der Waals surface area contributed by atoms with Crippen LogP contribution in [0, 0.1) is 5.92 Å². The average Bonchev–Trinajstić information content (AvgIpc) is 2.89. The molecule has 1 saturated heterocycles. The Morgan fingerprint density at radius 2 is 2.30 bits per heavy atom. The van der Waals surface area contributed by atoms with E-state index in [1.807, 2.05) is 6.92 Å². The third-order valence-electron chi connectivity index (χ3n) is 4.23. The van der Waals surface area contributed by atoms with Gasteiger partial charge in [0.25, 0.3) is 0 Å². The van der Waals surface area contributed by atoms with Crippen LogP contribution in [0.25, 0.3) is 10.9 Å². The van der Waals surface area contributed by atoms with Gasteiger partial charge in [-0.3, -0.25) is 0 Å². The normalized spacial score (nSPS) is 19.4. The fourth-order valence-electron chi connectivity index (χ4n) is 3.12. The predicted octanol–water partition coefficient (Wildman–Crippen LogP) is 3.43. The molecule has 1 aliphatic rings. The minimum atomic E-state index is 0.723. The zero-order valence-electron chi connectivity index (χ0n) is 12.3. The van der Waals surface area contributed by atoms with Crippen LogP contribution in [0.2, 0.25) is 0 Å². The number of nitrogens with zero attached hydrogens (tertiary/aromatic N) is 1. The van der Waals surface area contributed by atoms with E-state index in [-0.39, 0.29) is 0 Å². The summed E-state index contributed by atoms with van der Waals surface area (Å²) in [4.78, 5) is 0. The summed E-state index contributed by atoms with van der Waals surface area (Å²) in [5.41, 5.74) is 1.32. The molecule has 3 rings (SSSR count). The van der Waals surface area contributed by atoms with E-state index >= 15 is 0 Å². The molecule has 3 heteroatoms. The lowest BCUT2D eigenvalue weighted by Crippen LogP contribution is -2.30. The average molecular weight is 272 g/mol. The summed E-state index contributed by atoms with van der Waals surface area (Å²) in [6.45, 7) is 6.25. The van der Waals surface area contributed by atoms with Crippen molar-refractivity contribution in [3.8, 4) is 5.75 Å². The summed E-state index contributed by atoms with van der Waals surface area (Å²) < 4.78 is 7.94. The Morgan fingerprint density at radius 1 is 1.35 bits per heavy atom. The molecule has 1 aromatic carbocycles. The zero-order chi connectivity index (χ0) is 13.8. The highest BCUT2D eigenvalue weighted by Crippen LogP contribution is 2.23. The monoisotopic (exact) mass is 272 g/mol. The molecule has 1 N–H and O–H groups in total. The maximum absolute atomic E-state index is 5.56. The number of fused-ring (bicyclic) bond motifs is 1. The van der Waals surface area contributed by atoms with E-state index in [0.29, 0.717) is 0 Å². The van der Waals surface area contributed by atoms with Crippen LogP contribution in [0.15, 0.2) is 30.5 Å². The summed E-state index contributed by atoms with van der Waals surface area (Å²) in [5.74, 6) is 1.80. The molecule has 3 nitrogen and oxygen atoms in total. The highest BCUT2D eigenvalue weighted by Gasteiger charge is 2.13. The standard InChI is InChI=1S/C17H24N2O/c1-2-20-16-5-6-17-15(12-16)8-11-19(17)10-7-14-4-3-9-18-13-14/h5-6,8,11-12,14,18H,2-4,7,9-10,13H2,1H3. The summed E-state index contributed by atoms with van der Waals surface area (Å²) >= 11 is 0. The molecule has 1 unspecified atom stereocenters. The number of rotatable bonds is 5. The van der Waals surface area contributed by atoms with Gasteiger partial charge < -0.3 is 14.6 Å². The summed E-state index contributed by atoms with van der Waals surface area (Å²) in [6.07, 6.45) is 6.18. The van der Waals surface area contributed by atoms with E-state index in [1.54, 1.807) is 0 Å². The Hall–Kier alpha value is -1.48. The van der Waals surface area contributed by atoms with Crippen molar-refractivity contribution in [3.05, 3.63) is 30.5 Å². The lowest BCUT2D eigenvalue weighted by Gasteiger charge is -2.22. The van der Waals surface area contributed by atoms with E-state index < -0.39 is 0 Å². The smallest absolute Gasteiger partial charge is 0.120 e. The molecule has 1 aromatic heterocycles. The van der Waals surface area contributed by atoms with Gasteiger partial charge in [-0.1, -0.05) is 0 Å². The fourth-order valence-corrected chi connectivity index (χ4v) is 3.12. The van der Waals surface area contributed by atoms with Crippen LogP contribution in [0.3, 0.4) is 0 Å². The van der Waals surface area contributed by atoms with E-state index in [4.69, 9.17) is 4.74 Å². The highest BCUT2D eigenvalue weighted by molar-refractivity contribution is 5.81. The molecule has 20 heavy (non-hydrogen) atoms. The first-order valence-corrected chi connectivity index (χ1v) is 7.79. The molecule has 0 spiro atoms. The molecular formula is C17H24N2O. The van der Waals surface area contributed by atoms with Crippen molar-refractivity contribution in [1.82, 2.24) is 9.88 Å². The third-order valence-corrected chi connectivity index (χ3v) is 4.23. The molecule has 108 valence electrons. The number of piperidine rings is 1. The second kappa shape index (κ2) is 6.31. The summed E-state index contributed by atoms with van der Waals surface area (Å²) in [5, 5.41) is 4.77. The molecule has 2 aromatic rings. The van der Waals surface area contributed by atoms with Crippen molar-refractivity contribution in [3.63, 3.8) is 0 Å². The van der Waals surface area contributed by atoms with Crippen LogP contribution >= 0.6 is 0 Å². The fraction of sp³-hybridized carbons (Fsp3) is 0.529. The molecule has 0 saturated carbocycles. The van der Waals surface area contributed by atoms with Crippen molar-refractivity contribution in [1.29, 1.82) is 0 Å². The highest BCUT2D eigenvalue weighted by atomic mass is 16.5. The van der Waals surface area contributed by atoms with Crippen LogP contribution < -0.4 is 10.1 Å². The number of nitrogens with one attached hydrogen (secondary N) is 1. The number of aromatic nitrogens is 1. The van der Waals surface area contributed by atoms with E-state index in [2.05, 4.69) is 40.3 Å². The van der Waals surface area contributed by atoms with Crippen LogP contribution in [0.1, 0.15) is 26.2 Å². The van der Waals surface area contributed by atoms with Gasteiger partial charge in [0.05, 0.1) is 6.61 Å². The maximum Gasteiger partial charge on any atom is 0.120 e. The minimum Gasteiger partial charge on any atom is -0.494 e. The van der Waals surface area contributed by atoms with Gasteiger partial charge in [0.15, 0.2) is 0 Å². The van der Waals surface area contributed by atoms with Gasteiger partial charge in [0.1, 0.15) is 5.75 Å². The van der Waals surface area contributed by atoms with Crippen LogP contribution in [0.5, 0.6) is 5.75 Å². The van der Waals surface area contributed by atoms with E-state index in [1.165, 1.54) is 43.3 Å². The number of hydrogen-bond acceptors (Lipinski definition) is 2. The number of benzene rings is 1. The first-order chi connectivity index (χ1) is 9.86. The van der Waals surface area contributed by atoms with Gasteiger partial charge in [0.2, 0.25) is 0 Å². The molecule has 1 atom stereocenters. The molecule has 1 fully saturated rings. The zero-order valence-corrected chi connectivity index (χ0v) is 12.3. The first kappa shape index (κ1) is 13.5. The van der Waals surface area contributed by atoms with Crippen LogP contribution in [0.4, 0.5) is 0 Å². The number of ether oxygens (including phenoxy) is 1.